The first kappa shape index (κ1) is 24.2. The standard InChI is InChI=1S/C22H39N3O3/c1-5-22(6-2,13-15-26)18-25-21(23-14-8-16-28-7-3)24-17-19-9-11-20(27-4)12-10-19/h9-12,26H,5-8,13-18H2,1-4H3,(H2,23,24,25). The second-order valence-corrected chi connectivity index (χ2v) is 7.02. The number of hydrogen-bond donors (Lipinski definition) is 3. The van der Waals surface area contributed by atoms with Crippen LogP contribution in [0.1, 0.15) is 52.0 Å². The second-order valence-electron chi connectivity index (χ2n) is 7.02. The molecular weight excluding hydrogens is 354 g/mol. The van der Waals surface area contributed by atoms with Crippen molar-refractivity contribution in [1.29, 1.82) is 0 Å². The van der Waals surface area contributed by atoms with Crippen LogP contribution in [-0.4, -0.2) is 51.1 Å². The van der Waals surface area contributed by atoms with Gasteiger partial charge in [0, 0.05) is 32.9 Å². The van der Waals surface area contributed by atoms with Gasteiger partial charge in [-0.15, -0.1) is 0 Å². The Bertz CT molecular complexity index is 542. The van der Waals surface area contributed by atoms with E-state index in [2.05, 4.69) is 24.5 Å². The minimum Gasteiger partial charge on any atom is -0.497 e. The number of nitrogens with one attached hydrogen (secondary N) is 2. The molecule has 160 valence electrons. The van der Waals surface area contributed by atoms with Crippen LogP contribution in [0.3, 0.4) is 0 Å². The second kappa shape index (κ2) is 14.2. The van der Waals surface area contributed by atoms with E-state index in [-0.39, 0.29) is 12.0 Å². The van der Waals surface area contributed by atoms with Crippen molar-refractivity contribution in [1.82, 2.24) is 10.6 Å². The third kappa shape index (κ3) is 8.93. The first-order valence-electron chi connectivity index (χ1n) is 10.5. The van der Waals surface area contributed by atoms with E-state index in [0.29, 0.717) is 6.54 Å². The van der Waals surface area contributed by atoms with Crippen molar-refractivity contribution in [2.24, 2.45) is 10.4 Å². The Morgan fingerprint density at radius 3 is 2.39 bits per heavy atom. The third-order valence-electron chi connectivity index (χ3n) is 5.31. The van der Waals surface area contributed by atoms with Crippen LogP contribution in [-0.2, 0) is 11.3 Å². The summed E-state index contributed by atoms with van der Waals surface area (Å²) < 4.78 is 10.6. The van der Waals surface area contributed by atoms with E-state index in [0.717, 1.165) is 69.3 Å². The molecule has 3 N–H and O–H groups in total. The maximum atomic E-state index is 9.45. The Kier molecular flexibility index (Phi) is 12.3. The lowest BCUT2D eigenvalue weighted by atomic mass is 9.79. The number of aliphatic hydroxyl groups excluding tert-OH is 1. The molecule has 0 aliphatic rings. The van der Waals surface area contributed by atoms with Crippen molar-refractivity contribution in [3.05, 3.63) is 29.8 Å². The topological polar surface area (TPSA) is 75.1 Å². The number of hydrogen-bond acceptors (Lipinski definition) is 4. The van der Waals surface area contributed by atoms with Gasteiger partial charge in [0.1, 0.15) is 5.75 Å². The zero-order valence-electron chi connectivity index (χ0n) is 18.1. The lowest BCUT2D eigenvalue weighted by Crippen LogP contribution is -2.44. The molecule has 0 aliphatic carbocycles. The fourth-order valence-electron chi connectivity index (χ4n) is 3.05. The lowest BCUT2D eigenvalue weighted by molar-refractivity contribution is 0.145. The minimum atomic E-state index is 0.0859. The number of ether oxygens (including phenoxy) is 2. The summed E-state index contributed by atoms with van der Waals surface area (Å²) in [7, 11) is 1.67. The summed E-state index contributed by atoms with van der Waals surface area (Å²) in [6.07, 6.45) is 3.77. The number of nitrogens with zero attached hydrogens (tertiary/aromatic N) is 1. The summed E-state index contributed by atoms with van der Waals surface area (Å²) in [6, 6.07) is 7.97. The molecule has 0 amide bonds. The molecular formula is C22H39N3O3. The largest absolute Gasteiger partial charge is 0.497 e. The SMILES string of the molecule is CCOCCCNC(=NCc1ccc(OC)cc1)NCC(CC)(CC)CCO. The maximum absolute atomic E-state index is 9.45. The molecule has 1 aromatic rings. The molecule has 0 unspecified atom stereocenters. The van der Waals surface area contributed by atoms with E-state index in [4.69, 9.17) is 14.5 Å². The number of rotatable bonds is 14. The van der Waals surface area contributed by atoms with E-state index in [1.165, 1.54) is 0 Å². The van der Waals surface area contributed by atoms with Crippen LogP contribution in [0.2, 0.25) is 0 Å². The van der Waals surface area contributed by atoms with Crippen molar-refractivity contribution in [3.63, 3.8) is 0 Å². The summed E-state index contributed by atoms with van der Waals surface area (Å²) in [5.41, 5.74) is 1.21. The highest BCUT2D eigenvalue weighted by molar-refractivity contribution is 5.79. The van der Waals surface area contributed by atoms with Crippen LogP contribution < -0.4 is 15.4 Å². The van der Waals surface area contributed by atoms with Crippen molar-refractivity contribution < 1.29 is 14.6 Å². The Labute approximate surface area is 170 Å². The van der Waals surface area contributed by atoms with Gasteiger partial charge in [0.25, 0.3) is 0 Å². The average molecular weight is 394 g/mol. The van der Waals surface area contributed by atoms with E-state index >= 15 is 0 Å². The van der Waals surface area contributed by atoms with Crippen LogP contribution in [0.5, 0.6) is 5.75 Å². The number of benzene rings is 1. The summed E-state index contributed by atoms with van der Waals surface area (Å²) in [5, 5.41) is 16.3. The number of aliphatic hydroxyl groups is 1. The van der Waals surface area contributed by atoms with E-state index < -0.39 is 0 Å². The van der Waals surface area contributed by atoms with Crippen LogP contribution in [0.4, 0.5) is 0 Å². The molecule has 6 nitrogen and oxygen atoms in total. The zero-order valence-corrected chi connectivity index (χ0v) is 18.1. The van der Waals surface area contributed by atoms with E-state index in [9.17, 15) is 5.11 Å². The normalized spacial score (nSPS) is 12.1. The van der Waals surface area contributed by atoms with Gasteiger partial charge in [0.05, 0.1) is 13.7 Å². The third-order valence-corrected chi connectivity index (χ3v) is 5.31. The summed E-state index contributed by atoms with van der Waals surface area (Å²) in [6.45, 7) is 10.3. The summed E-state index contributed by atoms with van der Waals surface area (Å²) in [5.74, 6) is 1.65. The Hall–Kier alpha value is -1.79. The van der Waals surface area contributed by atoms with Gasteiger partial charge < -0.3 is 25.2 Å². The molecule has 0 bridgehead atoms. The van der Waals surface area contributed by atoms with Crippen LogP contribution in [0.15, 0.2) is 29.3 Å². The zero-order chi connectivity index (χ0) is 20.7. The minimum absolute atomic E-state index is 0.0859. The lowest BCUT2D eigenvalue weighted by Gasteiger charge is -2.32. The molecule has 0 saturated carbocycles. The van der Waals surface area contributed by atoms with Gasteiger partial charge in [-0.05, 0) is 55.7 Å². The van der Waals surface area contributed by atoms with Crippen molar-refractivity contribution >= 4 is 5.96 Å². The molecule has 0 saturated heterocycles. The van der Waals surface area contributed by atoms with Crippen molar-refractivity contribution in [2.75, 3.05) is 40.0 Å². The molecule has 0 heterocycles. The van der Waals surface area contributed by atoms with Gasteiger partial charge in [-0.25, -0.2) is 4.99 Å². The quantitative estimate of drug-likeness (QED) is 0.257. The van der Waals surface area contributed by atoms with E-state index in [1.54, 1.807) is 7.11 Å². The van der Waals surface area contributed by atoms with Gasteiger partial charge in [-0.1, -0.05) is 26.0 Å². The molecule has 28 heavy (non-hydrogen) atoms. The Morgan fingerprint density at radius 1 is 1.11 bits per heavy atom. The van der Waals surface area contributed by atoms with Gasteiger partial charge in [0.2, 0.25) is 0 Å². The molecule has 0 spiro atoms. The van der Waals surface area contributed by atoms with Gasteiger partial charge in [0.15, 0.2) is 5.96 Å². The monoisotopic (exact) mass is 393 g/mol. The molecule has 0 fully saturated rings. The molecule has 1 aromatic carbocycles. The number of methoxy groups -OCH3 is 1. The fourth-order valence-corrected chi connectivity index (χ4v) is 3.05. The fraction of sp³-hybridized carbons (Fsp3) is 0.682. The van der Waals surface area contributed by atoms with Gasteiger partial charge in [-0.2, -0.15) is 0 Å². The van der Waals surface area contributed by atoms with Crippen LogP contribution in [0.25, 0.3) is 0 Å². The molecule has 0 aromatic heterocycles. The average Bonchev–Trinajstić information content (AvgIpc) is 2.74. The predicted octanol–water partition coefficient (Wildman–Crippen LogP) is 3.35. The molecule has 1 rings (SSSR count). The Balaban J connectivity index is 2.72. The molecule has 0 aliphatic heterocycles. The van der Waals surface area contributed by atoms with Gasteiger partial charge >= 0.3 is 0 Å². The van der Waals surface area contributed by atoms with Crippen LogP contribution in [0, 0.1) is 5.41 Å². The highest BCUT2D eigenvalue weighted by atomic mass is 16.5. The molecule has 6 heteroatoms. The maximum Gasteiger partial charge on any atom is 0.191 e. The van der Waals surface area contributed by atoms with Gasteiger partial charge in [-0.3, -0.25) is 0 Å². The highest BCUT2D eigenvalue weighted by Gasteiger charge is 2.25. The van der Waals surface area contributed by atoms with Crippen LogP contribution >= 0.6 is 0 Å². The first-order valence-corrected chi connectivity index (χ1v) is 10.5. The van der Waals surface area contributed by atoms with Crippen molar-refractivity contribution in [2.45, 2.75) is 53.0 Å². The number of guanidine groups is 1. The van der Waals surface area contributed by atoms with E-state index in [1.807, 2.05) is 31.2 Å². The summed E-state index contributed by atoms with van der Waals surface area (Å²) in [4.78, 5) is 4.75. The van der Waals surface area contributed by atoms with Crippen molar-refractivity contribution in [3.8, 4) is 5.75 Å². The number of aliphatic imine (C=N–C) groups is 1. The highest BCUT2D eigenvalue weighted by Crippen LogP contribution is 2.29. The molecule has 0 atom stereocenters. The smallest absolute Gasteiger partial charge is 0.191 e. The summed E-state index contributed by atoms with van der Waals surface area (Å²) >= 11 is 0. The molecule has 0 radical (unpaired) electrons. The predicted molar refractivity (Wildman–Crippen MR) is 116 cm³/mol. The first-order chi connectivity index (χ1) is 13.6. The Morgan fingerprint density at radius 2 is 1.82 bits per heavy atom.